The van der Waals surface area contributed by atoms with Crippen molar-refractivity contribution in [2.75, 3.05) is 13.2 Å². The zero-order chi connectivity index (χ0) is 13.8. The number of hydrogen-bond donors (Lipinski definition) is 2. The molecule has 2 rings (SSSR count). The van der Waals surface area contributed by atoms with Gasteiger partial charge in [0.1, 0.15) is 13.2 Å². The first-order chi connectivity index (χ1) is 9.11. The molecule has 0 amide bonds. The molecular formula is C13H10N2O4. The fourth-order valence-corrected chi connectivity index (χ4v) is 1.73. The molecule has 0 atom stereocenters. The van der Waals surface area contributed by atoms with Crippen LogP contribution in [0, 0.1) is 11.3 Å². The number of aromatic nitrogens is 1. The predicted octanol–water partition coefficient (Wildman–Crippen LogP) is 1.32. The molecule has 0 aliphatic heterocycles. The molecule has 6 nitrogen and oxygen atoms in total. The number of Topliss-reactive ketones (excluding diaryl/α,β-unsaturated/α-hetero) is 1. The first kappa shape index (κ1) is 12.8. The fraction of sp³-hybridized carbons (Fsp3) is 0.154. The van der Waals surface area contributed by atoms with Gasteiger partial charge in [0.15, 0.2) is 5.78 Å². The van der Waals surface area contributed by atoms with Gasteiger partial charge in [0.25, 0.3) is 0 Å². The molecule has 19 heavy (non-hydrogen) atoms. The van der Waals surface area contributed by atoms with Crippen molar-refractivity contribution in [1.82, 2.24) is 4.98 Å². The standard InChI is InChI=1S/C13H10N2O4/c14-4-8-1-2-11-9(3-8)10(5-15-11)12(16)6-19-7-13(17)18/h1-3,5,15H,6-7H2,(H,17,18). The van der Waals surface area contributed by atoms with Gasteiger partial charge in [-0.1, -0.05) is 0 Å². The Bertz CT molecular complexity index is 681. The van der Waals surface area contributed by atoms with Gasteiger partial charge < -0.3 is 14.8 Å². The molecular weight excluding hydrogens is 248 g/mol. The highest BCUT2D eigenvalue weighted by Gasteiger charge is 2.13. The van der Waals surface area contributed by atoms with Crippen LogP contribution in [0.1, 0.15) is 15.9 Å². The summed E-state index contributed by atoms with van der Waals surface area (Å²) in [7, 11) is 0. The van der Waals surface area contributed by atoms with Crippen LogP contribution < -0.4 is 0 Å². The van der Waals surface area contributed by atoms with Gasteiger partial charge in [-0.15, -0.1) is 0 Å². The minimum Gasteiger partial charge on any atom is -0.480 e. The van der Waals surface area contributed by atoms with E-state index in [1.54, 1.807) is 18.2 Å². The summed E-state index contributed by atoms with van der Waals surface area (Å²) in [5.41, 5.74) is 1.57. The zero-order valence-corrected chi connectivity index (χ0v) is 9.84. The van der Waals surface area contributed by atoms with E-state index in [0.717, 1.165) is 5.52 Å². The number of carboxylic acids is 1. The third kappa shape index (κ3) is 2.78. The number of carbonyl (C=O) groups is 2. The third-order valence-corrected chi connectivity index (χ3v) is 2.57. The van der Waals surface area contributed by atoms with Crippen LogP contribution in [-0.2, 0) is 9.53 Å². The first-order valence-corrected chi connectivity index (χ1v) is 5.46. The van der Waals surface area contributed by atoms with Gasteiger partial charge in [0.2, 0.25) is 0 Å². The molecule has 0 aliphatic carbocycles. The molecule has 0 saturated carbocycles. The number of nitrogens with zero attached hydrogens (tertiary/aromatic N) is 1. The van der Waals surface area contributed by atoms with Crippen molar-refractivity contribution in [2.45, 2.75) is 0 Å². The maximum Gasteiger partial charge on any atom is 0.329 e. The summed E-state index contributed by atoms with van der Waals surface area (Å²) in [6, 6.07) is 6.96. The highest BCUT2D eigenvalue weighted by Crippen LogP contribution is 2.20. The van der Waals surface area contributed by atoms with Crippen molar-refractivity contribution in [3.05, 3.63) is 35.5 Å². The number of ketones is 1. The molecule has 1 heterocycles. The second-order valence-corrected chi connectivity index (χ2v) is 3.88. The quantitative estimate of drug-likeness (QED) is 0.787. The average molecular weight is 258 g/mol. The maximum atomic E-state index is 11.9. The molecule has 0 fully saturated rings. The molecule has 2 aromatic rings. The largest absolute Gasteiger partial charge is 0.480 e. The zero-order valence-electron chi connectivity index (χ0n) is 9.84. The van der Waals surface area contributed by atoms with Gasteiger partial charge in [0, 0.05) is 22.7 Å². The lowest BCUT2D eigenvalue weighted by atomic mass is 10.1. The Morgan fingerprint density at radius 3 is 2.84 bits per heavy atom. The van der Waals surface area contributed by atoms with Crippen LogP contribution in [0.2, 0.25) is 0 Å². The van der Waals surface area contributed by atoms with Gasteiger partial charge in [0.05, 0.1) is 11.6 Å². The summed E-state index contributed by atoms with van der Waals surface area (Å²) < 4.78 is 4.76. The number of aromatic amines is 1. The highest BCUT2D eigenvalue weighted by molar-refractivity contribution is 6.08. The maximum absolute atomic E-state index is 11.9. The lowest BCUT2D eigenvalue weighted by molar-refractivity contribution is -0.141. The molecule has 0 spiro atoms. The van der Waals surface area contributed by atoms with Gasteiger partial charge in [-0.05, 0) is 18.2 Å². The smallest absolute Gasteiger partial charge is 0.329 e. The topological polar surface area (TPSA) is 103 Å². The number of carbonyl (C=O) groups excluding carboxylic acids is 1. The monoisotopic (exact) mass is 258 g/mol. The fourth-order valence-electron chi connectivity index (χ4n) is 1.73. The number of aliphatic carboxylic acids is 1. The van der Waals surface area contributed by atoms with Gasteiger partial charge in [-0.3, -0.25) is 4.79 Å². The molecule has 2 N–H and O–H groups in total. The van der Waals surface area contributed by atoms with E-state index in [0.29, 0.717) is 16.5 Å². The van der Waals surface area contributed by atoms with Gasteiger partial charge >= 0.3 is 5.97 Å². The van der Waals surface area contributed by atoms with Crippen molar-refractivity contribution in [3.8, 4) is 6.07 Å². The molecule has 1 aromatic heterocycles. The minimum atomic E-state index is -1.13. The van der Waals surface area contributed by atoms with Crippen molar-refractivity contribution >= 4 is 22.7 Å². The molecule has 0 bridgehead atoms. The van der Waals surface area contributed by atoms with Crippen LogP contribution in [0.3, 0.4) is 0 Å². The number of fused-ring (bicyclic) bond motifs is 1. The Morgan fingerprint density at radius 1 is 1.37 bits per heavy atom. The highest BCUT2D eigenvalue weighted by atomic mass is 16.5. The second-order valence-electron chi connectivity index (χ2n) is 3.88. The number of nitrogens with one attached hydrogen (secondary N) is 1. The summed E-state index contributed by atoms with van der Waals surface area (Å²) in [4.78, 5) is 25.1. The van der Waals surface area contributed by atoms with Crippen molar-refractivity contribution < 1.29 is 19.4 Å². The number of nitriles is 1. The summed E-state index contributed by atoms with van der Waals surface area (Å²) in [6.07, 6.45) is 1.53. The summed E-state index contributed by atoms with van der Waals surface area (Å²) >= 11 is 0. The lowest BCUT2D eigenvalue weighted by Gasteiger charge is -2.00. The Hall–Kier alpha value is -2.65. The Labute approximate surface area is 108 Å². The SMILES string of the molecule is N#Cc1ccc2[nH]cc(C(=O)COCC(=O)O)c2c1. The molecule has 1 aromatic carbocycles. The number of rotatable bonds is 5. The summed E-state index contributed by atoms with van der Waals surface area (Å²) in [5.74, 6) is -1.46. The van der Waals surface area contributed by atoms with Crippen molar-refractivity contribution in [1.29, 1.82) is 5.26 Å². The lowest BCUT2D eigenvalue weighted by Crippen LogP contribution is -2.14. The number of benzene rings is 1. The van der Waals surface area contributed by atoms with Gasteiger partial charge in [-0.2, -0.15) is 5.26 Å². The third-order valence-electron chi connectivity index (χ3n) is 2.57. The Balaban J connectivity index is 2.22. The average Bonchev–Trinajstić information content (AvgIpc) is 2.80. The normalized spacial score (nSPS) is 10.3. The molecule has 6 heteroatoms. The van der Waals surface area contributed by atoms with E-state index in [1.165, 1.54) is 6.20 Å². The van der Waals surface area contributed by atoms with E-state index >= 15 is 0 Å². The van der Waals surface area contributed by atoms with Crippen LogP contribution in [-0.4, -0.2) is 35.1 Å². The van der Waals surface area contributed by atoms with Crippen molar-refractivity contribution in [2.24, 2.45) is 0 Å². The van der Waals surface area contributed by atoms with E-state index < -0.39 is 12.6 Å². The van der Waals surface area contributed by atoms with E-state index in [9.17, 15) is 9.59 Å². The Kier molecular flexibility index (Phi) is 3.59. The predicted molar refractivity (Wildman–Crippen MR) is 65.8 cm³/mol. The van der Waals surface area contributed by atoms with E-state index in [-0.39, 0.29) is 12.4 Å². The van der Waals surface area contributed by atoms with Crippen LogP contribution >= 0.6 is 0 Å². The molecule has 0 aliphatic rings. The number of carboxylic acid groups (broad SMARTS) is 1. The Morgan fingerprint density at radius 2 is 2.16 bits per heavy atom. The molecule has 0 unspecified atom stereocenters. The van der Waals surface area contributed by atoms with Crippen LogP contribution in [0.25, 0.3) is 10.9 Å². The first-order valence-electron chi connectivity index (χ1n) is 5.46. The molecule has 0 saturated heterocycles. The summed E-state index contributed by atoms with van der Waals surface area (Å²) in [5, 5.41) is 17.9. The van der Waals surface area contributed by atoms with Crippen LogP contribution in [0.15, 0.2) is 24.4 Å². The van der Waals surface area contributed by atoms with E-state index in [1.807, 2.05) is 6.07 Å². The van der Waals surface area contributed by atoms with E-state index in [4.69, 9.17) is 15.1 Å². The number of H-pyrrole nitrogens is 1. The van der Waals surface area contributed by atoms with Crippen LogP contribution in [0.5, 0.6) is 0 Å². The number of ether oxygens (including phenoxy) is 1. The number of hydrogen-bond acceptors (Lipinski definition) is 4. The molecule has 0 radical (unpaired) electrons. The van der Waals surface area contributed by atoms with Gasteiger partial charge in [-0.25, -0.2) is 4.79 Å². The second kappa shape index (κ2) is 5.33. The van der Waals surface area contributed by atoms with Crippen LogP contribution in [0.4, 0.5) is 0 Å². The molecule has 96 valence electrons. The minimum absolute atomic E-state index is 0.309. The van der Waals surface area contributed by atoms with E-state index in [2.05, 4.69) is 4.98 Å². The summed E-state index contributed by atoms with van der Waals surface area (Å²) in [6.45, 7) is -0.826. The van der Waals surface area contributed by atoms with Crippen molar-refractivity contribution in [3.63, 3.8) is 0 Å².